The van der Waals surface area contributed by atoms with Crippen molar-refractivity contribution in [1.82, 2.24) is 9.97 Å². The van der Waals surface area contributed by atoms with Gasteiger partial charge in [-0.2, -0.15) is 0 Å². The van der Waals surface area contributed by atoms with Gasteiger partial charge in [-0.25, -0.2) is 9.97 Å². The summed E-state index contributed by atoms with van der Waals surface area (Å²) in [7, 11) is 1.69. The third-order valence-electron chi connectivity index (χ3n) is 2.78. The number of halogens is 1. The first-order valence-corrected chi connectivity index (χ1v) is 6.68. The Morgan fingerprint density at radius 1 is 1.61 bits per heavy atom. The molecule has 6 heteroatoms. The molecule has 0 N–H and O–H groups in total. The molecule has 2 rings (SSSR count). The number of ether oxygens (including phenoxy) is 2. The Bertz CT molecular complexity index is 414. The number of hydrogen-bond acceptors (Lipinski definition) is 5. The van der Waals surface area contributed by atoms with Gasteiger partial charge in [-0.15, -0.1) is 0 Å². The van der Waals surface area contributed by atoms with E-state index in [1.54, 1.807) is 19.6 Å². The molecule has 0 amide bonds. The zero-order chi connectivity index (χ0) is 13.2. The maximum absolute atomic E-state index is 5.98. The highest BCUT2D eigenvalue weighted by atomic mass is 79.9. The highest BCUT2D eigenvalue weighted by molar-refractivity contribution is 9.10. The minimum atomic E-state index is -0.216. The van der Waals surface area contributed by atoms with E-state index in [1.807, 2.05) is 0 Å². The second kappa shape index (κ2) is 5.50. The van der Waals surface area contributed by atoms with Crippen LogP contribution >= 0.6 is 15.9 Å². The zero-order valence-corrected chi connectivity index (χ0v) is 12.5. The summed E-state index contributed by atoms with van der Waals surface area (Å²) < 4.78 is 12.1. The van der Waals surface area contributed by atoms with Crippen molar-refractivity contribution in [3.63, 3.8) is 0 Å². The summed E-state index contributed by atoms with van der Waals surface area (Å²) in [6, 6.07) is 0. The molecule has 1 aromatic heterocycles. The largest absolute Gasteiger partial charge is 0.382 e. The Labute approximate surface area is 116 Å². The molecular weight excluding hydrogens is 298 g/mol. The van der Waals surface area contributed by atoms with Crippen LogP contribution in [0.4, 0.5) is 5.82 Å². The molecule has 1 aromatic rings. The van der Waals surface area contributed by atoms with E-state index < -0.39 is 0 Å². The minimum Gasteiger partial charge on any atom is -0.382 e. The first-order valence-electron chi connectivity index (χ1n) is 5.89. The van der Waals surface area contributed by atoms with Gasteiger partial charge in [0.2, 0.25) is 0 Å². The summed E-state index contributed by atoms with van der Waals surface area (Å²) in [5.41, 5.74) is -0.216. The predicted molar refractivity (Wildman–Crippen MR) is 72.8 cm³/mol. The normalized spacial score (nSPS) is 23.1. The van der Waals surface area contributed by atoms with E-state index in [0.29, 0.717) is 6.61 Å². The van der Waals surface area contributed by atoms with Crippen molar-refractivity contribution in [3.05, 3.63) is 17.0 Å². The molecule has 1 aliphatic heterocycles. The number of aromatic nitrogens is 2. The molecule has 1 aliphatic rings. The van der Waals surface area contributed by atoms with E-state index in [9.17, 15) is 0 Å². The van der Waals surface area contributed by atoms with Crippen LogP contribution in [0.1, 0.15) is 13.8 Å². The molecule has 0 radical (unpaired) electrons. The van der Waals surface area contributed by atoms with Crippen LogP contribution in [0.3, 0.4) is 0 Å². The standard InChI is InChI=1S/C12H18BrN3O2/c1-12(2)7-16(5-9(18-12)6-17-3)11-10(13)4-14-8-15-11/h4,8-9H,5-7H2,1-3H3/t9-/m0/s1. The fraction of sp³-hybridized carbons (Fsp3) is 0.667. The number of nitrogens with zero attached hydrogens (tertiary/aromatic N) is 3. The Morgan fingerprint density at radius 3 is 3.06 bits per heavy atom. The fourth-order valence-corrected chi connectivity index (χ4v) is 2.74. The van der Waals surface area contributed by atoms with Crippen LogP contribution in [0.5, 0.6) is 0 Å². The zero-order valence-electron chi connectivity index (χ0n) is 10.9. The summed E-state index contributed by atoms with van der Waals surface area (Å²) in [4.78, 5) is 10.5. The molecule has 1 atom stereocenters. The van der Waals surface area contributed by atoms with E-state index in [-0.39, 0.29) is 11.7 Å². The summed E-state index contributed by atoms with van der Waals surface area (Å²) in [6.07, 6.45) is 3.38. The number of hydrogen-bond donors (Lipinski definition) is 0. The van der Waals surface area contributed by atoms with E-state index >= 15 is 0 Å². The number of rotatable bonds is 3. The lowest BCUT2D eigenvalue weighted by Crippen LogP contribution is -2.54. The van der Waals surface area contributed by atoms with Gasteiger partial charge in [-0.3, -0.25) is 0 Å². The molecular formula is C12H18BrN3O2. The van der Waals surface area contributed by atoms with Crippen molar-refractivity contribution in [2.75, 3.05) is 31.7 Å². The van der Waals surface area contributed by atoms with E-state index in [4.69, 9.17) is 9.47 Å². The topological polar surface area (TPSA) is 47.5 Å². The maximum atomic E-state index is 5.98. The second-order valence-corrected chi connectivity index (χ2v) is 5.88. The summed E-state index contributed by atoms with van der Waals surface area (Å²) in [5.74, 6) is 0.905. The lowest BCUT2D eigenvalue weighted by atomic mass is 10.1. The monoisotopic (exact) mass is 315 g/mol. The quantitative estimate of drug-likeness (QED) is 0.852. The van der Waals surface area contributed by atoms with Crippen molar-refractivity contribution < 1.29 is 9.47 Å². The van der Waals surface area contributed by atoms with Gasteiger partial charge in [0.15, 0.2) is 0 Å². The third kappa shape index (κ3) is 3.18. The molecule has 0 aliphatic carbocycles. The van der Waals surface area contributed by atoms with Gasteiger partial charge in [0.05, 0.1) is 22.8 Å². The third-order valence-corrected chi connectivity index (χ3v) is 3.34. The van der Waals surface area contributed by atoms with Gasteiger partial charge >= 0.3 is 0 Å². The van der Waals surface area contributed by atoms with Crippen molar-refractivity contribution in [2.24, 2.45) is 0 Å². The van der Waals surface area contributed by atoms with Crippen LogP contribution < -0.4 is 4.90 Å². The molecule has 1 saturated heterocycles. The summed E-state index contributed by atoms with van der Waals surface area (Å²) >= 11 is 3.49. The van der Waals surface area contributed by atoms with Crippen molar-refractivity contribution in [3.8, 4) is 0 Å². The lowest BCUT2D eigenvalue weighted by Gasteiger charge is -2.43. The van der Waals surface area contributed by atoms with Gasteiger partial charge in [0.1, 0.15) is 12.1 Å². The summed E-state index contributed by atoms with van der Waals surface area (Å²) in [6.45, 7) is 6.31. The smallest absolute Gasteiger partial charge is 0.146 e. The van der Waals surface area contributed by atoms with Crippen molar-refractivity contribution in [2.45, 2.75) is 25.6 Å². The van der Waals surface area contributed by atoms with Crippen LogP contribution in [0.15, 0.2) is 17.0 Å². The molecule has 0 bridgehead atoms. The van der Waals surface area contributed by atoms with Crippen LogP contribution in [-0.2, 0) is 9.47 Å². The van der Waals surface area contributed by atoms with Gasteiger partial charge in [0, 0.05) is 26.4 Å². The van der Waals surface area contributed by atoms with Crippen molar-refractivity contribution in [1.29, 1.82) is 0 Å². The highest BCUT2D eigenvalue weighted by Gasteiger charge is 2.34. The number of anilines is 1. The Kier molecular flexibility index (Phi) is 4.19. The maximum Gasteiger partial charge on any atom is 0.146 e. The molecule has 0 aromatic carbocycles. The highest BCUT2D eigenvalue weighted by Crippen LogP contribution is 2.29. The Balaban J connectivity index is 2.20. The van der Waals surface area contributed by atoms with E-state index in [0.717, 1.165) is 23.4 Å². The number of morpholine rings is 1. The lowest BCUT2D eigenvalue weighted by molar-refractivity contribution is -0.106. The predicted octanol–water partition coefficient (Wildman–Crippen LogP) is 1.87. The Hall–Kier alpha value is -0.720. The summed E-state index contributed by atoms with van der Waals surface area (Å²) in [5, 5.41) is 0. The van der Waals surface area contributed by atoms with E-state index in [1.165, 1.54) is 0 Å². The van der Waals surface area contributed by atoms with Crippen LogP contribution in [0.2, 0.25) is 0 Å². The fourth-order valence-electron chi connectivity index (χ4n) is 2.27. The minimum absolute atomic E-state index is 0.0561. The first-order chi connectivity index (χ1) is 8.52. The molecule has 100 valence electrons. The number of methoxy groups -OCH3 is 1. The average molecular weight is 316 g/mol. The van der Waals surface area contributed by atoms with Gasteiger partial charge in [0.25, 0.3) is 0 Å². The second-order valence-electron chi connectivity index (χ2n) is 5.03. The van der Waals surface area contributed by atoms with E-state index in [2.05, 4.69) is 44.6 Å². The van der Waals surface area contributed by atoms with Gasteiger partial charge in [-0.05, 0) is 29.8 Å². The average Bonchev–Trinajstić information content (AvgIpc) is 2.27. The SMILES string of the molecule is COC[C@@H]1CN(c2ncncc2Br)CC(C)(C)O1. The van der Waals surface area contributed by atoms with Gasteiger partial charge < -0.3 is 14.4 Å². The Morgan fingerprint density at radius 2 is 2.39 bits per heavy atom. The molecule has 1 fully saturated rings. The first kappa shape index (κ1) is 13.7. The molecule has 0 saturated carbocycles. The molecule has 5 nitrogen and oxygen atoms in total. The van der Waals surface area contributed by atoms with Crippen LogP contribution in [0, 0.1) is 0 Å². The molecule has 18 heavy (non-hydrogen) atoms. The molecule has 0 spiro atoms. The molecule has 2 heterocycles. The van der Waals surface area contributed by atoms with Crippen LogP contribution in [-0.4, -0.2) is 48.5 Å². The van der Waals surface area contributed by atoms with Crippen LogP contribution in [0.25, 0.3) is 0 Å². The van der Waals surface area contributed by atoms with Crippen molar-refractivity contribution >= 4 is 21.7 Å². The van der Waals surface area contributed by atoms with Gasteiger partial charge in [-0.1, -0.05) is 0 Å². The molecule has 0 unspecified atom stereocenters.